The number of nitrogens with zero attached hydrogens (tertiary/aromatic N) is 4. The van der Waals surface area contributed by atoms with Crippen molar-refractivity contribution in [2.24, 2.45) is 0 Å². The van der Waals surface area contributed by atoms with Gasteiger partial charge in [-0.15, -0.1) is 10.2 Å². The smallest absolute Gasteiger partial charge is 0.264 e. The van der Waals surface area contributed by atoms with E-state index in [1.807, 2.05) is 60.8 Å². The standard InChI is InChI=1S/C20H17N5O2/c26-18(22-13-15-6-4-10-21-12-15)14-25-11-5-9-17(25)20-24-23-19(27-20)16-7-2-1-3-8-16/h1-12H,13-14H2,(H,22,26). The van der Waals surface area contributed by atoms with Crippen LogP contribution in [0.4, 0.5) is 0 Å². The Morgan fingerprint density at radius 1 is 1.00 bits per heavy atom. The van der Waals surface area contributed by atoms with Gasteiger partial charge in [-0.25, -0.2) is 0 Å². The van der Waals surface area contributed by atoms with E-state index in [-0.39, 0.29) is 12.5 Å². The Kier molecular flexibility index (Phi) is 4.74. The van der Waals surface area contributed by atoms with Crippen molar-refractivity contribution in [2.45, 2.75) is 13.1 Å². The zero-order valence-electron chi connectivity index (χ0n) is 14.4. The summed E-state index contributed by atoms with van der Waals surface area (Å²) in [5, 5.41) is 11.1. The third kappa shape index (κ3) is 3.92. The number of carbonyl (C=O) groups is 1. The highest BCUT2D eigenvalue weighted by Gasteiger charge is 2.15. The Bertz CT molecular complexity index is 1020. The highest BCUT2D eigenvalue weighted by Crippen LogP contribution is 2.24. The van der Waals surface area contributed by atoms with Crippen LogP contribution < -0.4 is 5.32 Å². The number of pyridine rings is 1. The molecule has 134 valence electrons. The van der Waals surface area contributed by atoms with Crippen molar-refractivity contribution < 1.29 is 9.21 Å². The van der Waals surface area contributed by atoms with E-state index in [2.05, 4.69) is 20.5 Å². The van der Waals surface area contributed by atoms with E-state index in [0.717, 1.165) is 11.1 Å². The maximum absolute atomic E-state index is 12.3. The molecule has 0 atom stereocenters. The van der Waals surface area contributed by atoms with Gasteiger partial charge in [-0.2, -0.15) is 0 Å². The number of hydrogen-bond donors (Lipinski definition) is 1. The van der Waals surface area contributed by atoms with Crippen LogP contribution in [0.3, 0.4) is 0 Å². The Hall–Kier alpha value is -3.74. The molecule has 4 aromatic rings. The number of aromatic nitrogens is 4. The minimum Gasteiger partial charge on any atom is -0.415 e. The second kappa shape index (κ2) is 7.65. The molecule has 1 N–H and O–H groups in total. The molecule has 0 aliphatic carbocycles. The Morgan fingerprint density at radius 2 is 1.85 bits per heavy atom. The monoisotopic (exact) mass is 359 g/mol. The van der Waals surface area contributed by atoms with E-state index >= 15 is 0 Å². The average Bonchev–Trinajstić information content (AvgIpc) is 3.37. The van der Waals surface area contributed by atoms with Crippen LogP contribution in [0.15, 0.2) is 77.6 Å². The van der Waals surface area contributed by atoms with Crippen LogP contribution in [0.2, 0.25) is 0 Å². The van der Waals surface area contributed by atoms with Crippen molar-refractivity contribution in [3.05, 3.63) is 78.8 Å². The van der Waals surface area contributed by atoms with Crippen molar-refractivity contribution in [1.82, 2.24) is 25.1 Å². The summed E-state index contributed by atoms with van der Waals surface area (Å²) in [5.41, 5.74) is 2.49. The van der Waals surface area contributed by atoms with Gasteiger partial charge in [0.1, 0.15) is 12.2 Å². The topological polar surface area (TPSA) is 85.8 Å². The van der Waals surface area contributed by atoms with Crippen molar-refractivity contribution in [3.8, 4) is 23.0 Å². The summed E-state index contributed by atoms with van der Waals surface area (Å²) >= 11 is 0. The van der Waals surface area contributed by atoms with Crippen molar-refractivity contribution in [2.75, 3.05) is 0 Å². The lowest BCUT2D eigenvalue weighted by atomic mass is 10.2. The largest absolute Gasteiger partial charge is 0.415 e. The maximum Gasteiger partial charge on any atom is 0.264 e. The number of hydrogen-bond acceptors (Lipinski definition) is 5. The lowest BCUT2D eigenvalue weighted by Gasteiger charge is -2.08. The van der Waals surface area contributed by atoms with Crippen LogP contribution in [0, 0.1) is 0 Å². The Balaban J connectivity index is 1.45. The van der Waals surface area contributed by atoms with Crippen LogP contribution >= 0.6 is 0 Å². The first-order valence-corrected chi connectivity index (χ1v) is 8.49. The van der Waals surface area contributed by atoms with Gasteiger partial charge in [-0.05, 0) is 35.9 Å². The van der Waals surface area contributed by atoms with E-state index in [4.69, 9.17) is 4.42 Å². The van der Waals surface area contributed by atoms with Crippen molar-refractivity contribution in [1.29, 1.82) is 0 Å². The summed E-state index contributed by atoms with van der Waals surface area (Å²) in [4.78, 5) is 16.3. The molecular formula is C20H17N5O2. The molecule has 27 heavy (non-hydrogen) atoms. The number of amides is 1. The lowest BCUT2D eigenvalue weighted by molar-refractivity contribution is -0.121. The number of rotatable bonds is 6. The fourth-order valence-corrected chi connectivity index (χ4v) is 2.68. The highest BCUT2D eigenvalue weighted by molar-refractivity contribution is 5.76. The zero-order valence-corrected chi connectivity index (χ0v) is 14.4. The fraction of sp³-hybridized carbons (Fsp3) is 0.100. The first kappa shape index (κ1) is 16.7. The number of benzene rings is 1. The third-order valence-corrected chi connectivity index (χ3v) is 4.02. The van der Waals surface area contributed by atoms with Gasteiger partial charge < -0.3 is 14.3 Å². The molecule has 0 bridgehead atoms. The lowest BCUT2D eigenvalue weighted by Crippen LogP contribution is -2.27. The minimum atomic E-state index is -0.112. The van der Waals surface area contributed by atoms with Crippen LogP contribution in [0.25, 0.3) is 23.0 Å². The summed E-state index contributed by atoms with van der Waals surface area (Å²) in [6, 6.07) is 17.0. The minimum absolute atomic E-state index is 0.112. The summed E-state index contributed by atoms with van der Waals surface area (Å²) in [7, 11) is 0. The third-order valence-electron chi connectivity index (χ3n) is 4.02. The molecule has 7 nitrogen and oxygen atoms in total. The normalized spacial score (nSPS) is 10.7. The van der Waals surface area contributed by atoms with Gasteiger partial charge in [0.15, 0.2) is 0 Å². The average molecular weight is 359 g/mol. The molecule has 3 heterocycles. The van der Waals surface area contributed by atoms with Crippen molar-refractivity contribution in [3.63, 3.8) is 0 Å². The molecule has 3 aromatic heterocycles. The molecule has 0 fully saturated rings. The van der Waals surface area contributed by atoms with Gasteiger partial charge in [0.25, 0.3) is 5.89 Å². The molecule has 7 heteroatoms. The predicted octanol–water partition coefficient (Wildman–Crippen LogP) is 2.92. The van der Waals surface area contributed by atoms with Crippen molar-refractivity contribution >= 4 is 5.91 Å². The first-order chi connectivity index (χ1) is 13.3. The quantitative estimate of drug-likeness (QED) is 0.572. The van der Waals surface area contributed by atoms with Gasteiger partial charge in [-0.1, -0.05) is 24.3 Å². The molecule has 0 radical (unpaired) electrons. The van der Waals surface area contributed by atoms with Gasteiger partial charge >= 0.3 is 0 Å². The molecule has 0 unspecified atom stereocenters. The predicted molar refractivity (Wildman–Crippen MR) is 99.2 cm³/mol. The molecule has 0 spiro atoms. The zero-order chi connectivity index (χ0) is 18.5. The second-order valence-corrected chi connectivity index (χ2v) is 5.94. The van der Waals surface area contributed by atoms with E-state index in [0.29, 0.717) is 24.0 Å². The van der Waals surface area contributed by atoms with Gasteiger partial charge in [0, 0.05) is 30.7 Å². The molecule has 0 saturated heterocycles. The van der Waals surface area contributed by atoms with Crippen LogP contribution in [0.1, 0.15) is 5.56 Å². The summed E-state index contributed by atoms with van der Waals surface area (Å²) in [5.74, 6) is 0.706. The molecule has 1 aromatic carbocycles. The van der Waals surface area contributed by atoms with Gasteiger partial charge in [0.2, 0.25) is 11.8 Å². The molecule has 0 aliphatic rings. The first-order valence-electron chi connectivity index (χ1n) is 8.49. The molecule has 1 amide bonds. The highest BCUT2D eigenvalue weighted by atomic mass is 16.4. The summed E-state index contributed by atoms with van der Waals surface area (Å²) in [6.45, 7) is 0.591. The molecule has 0 saturated carbocycles. The van der Waals surface area contributed by atoms with Crippen LogP contribution in [-0.4, -0.2) is 25.7 Å². The van der Waals surface area contributed by atoms with Crippen LogP contribution in [0.5, 0.6) is 0 Å². The maximum atomic E-state index is 12.3. The Labute approximate surface area is 155 Å². The van der Waals surface area contributed by atoms with Gasteiger partial charge in [0.05, 0.1) is 0 Å². The van der Waals surface area contributed by atoms with E-state index in [1.165, 1.54) is 0 Å². The molecule has 4 rings (SSSR count). The Morgan fingerprint density at radius 3 is 2.67 bits per heavy atom. The SMILES string of the molecule is O=C(Cn1cccc1-c1nnc(-c2ccccc2)o1)NCc1cccnc1. The van der Waals surface area contributed by atoms with Gasteiger partial charge in [-0.3, -0.25) is 9.78 Å². The van der Waals surface area contributed by atoms with E-state index < -0.39 is 0 Å². The van der Waals surface area contributed by atoms with E-state index in [1.54, 1.807) is 17.0 Å². The van der Waals surface area contributed by atoms with E-state index in [9.17, 15) is 4.79 Å². The molecule has 0 aliphatic heterocycles. The summed E-state index contributed by atoms with van der Waals surface area (Å²) in [6.07, 6.45) is 5.24. The second-order valence-electron chi connectivity index (χ2n) is 5.94. The fourth-order valence-electron chi connectivity index (χ4n) is 2.68. The molecular weight excluding hydrogens is 342 g/mol. The summed E-state index contributed by atoms with van der Waals surface area (Å²) < 4.78 is 7.56. The number of carbonyl (C=O) groups excluding carboxylic acids is 1. The van der Waals surface area contributed by atoms with Crippen LogP contribution in [-0.2, 0) is 17.9 Å². The number of nitrogens with one attached hydrogen (secondary N) is 1.